The van der Waals surface area contributed by atoms with Gasteiger partial charge in [-0.2, -0.15) is 0 Å². The summed E-state index contributed by atoms with van der Waals surface area (Å²) in [6.07, 6.45) is 11.9. The molecule has 1 aliphatic carbocycles. The molecular formula is C27H36BrN3O. The van der Waals surface area contributed by atoms with Gasteiger partial charge in [0.25, 0.3) is 0 Å². The number of halogens is 1. The Morgan fingerprint density at radius 2 is 1.91 bits per heavy atom. The third-order valence-corrected chi connectivity index (χ3v) is 8.60. The van der Waals surface area contributed by atoms with Crippen molar-refractivity contribution in [3.63, 3.8) is 0 Å². The number of nitrogens with zero attached hydrogens (tertiary/aromatic N) is 1. The average Bonchev–Trinajstić information content (AvgIpc) is 2.96. The normalized spacial score (nSPS) is 26.9. The maximum atomic E-state index is 13.0. The quantitative estimate of drug-likeness (QED) is 0.630. The molecule has 1 aromatic carbocycles. The summed E-state index contributed by atoms with van der Waals surface area (Å²) in [4.78, 5) is 15.1. The van der Waals surface area contributed by atoms with E-state index in [1.54, 1.807) is 0 Å². The number of hydrogen-bond acceptors (Lipinski definition) is 3. The lowest BCUT2D eigenvalue weighted by atomic mass is 9.73. The Kier molecular flexibility index (Phi) is 6.75. The first kappa shape index (κ1) is 22.2. The van der Waals surface area contributed by atoms with Gasteiger partial charge in [0.2, 0.25) is 5.91 Å². The van der Waals surface area contributed by atoms with Crippen LogP contribution in [0.15, 0.2) is 40.5 Å². The van der Waals surface area contributed by atoms with Crippen molar-refractivity contribution in [3.05, 3.63) is 57.2 Å². The third kappa shape index (κ3) is 4.70. The predicted octanol–water partition coefficient (Wildman–Crippen LogP) is 4.79. The minimum atomic E-state index is 0.363. The van der Waals surface area contributed by atoms with Crippen molar-refractivity contribution in [1.82, 2.24) is 15.5 Å². The van der Waals surface area contributed by atoms with Gasteiger partial charge in [0.05, 0.1) is 6.04 Å². The monoisotopic (exact) mass is 497 g/mol. The largest absolute Gasteiger partial charge is 0.383 e. The number of rotatable bonds is 3. The van der Waals surface area contributed by atoms with E-state index in [-0.39, 0.29) is 0 Å². The Bertz CT molecular complexity index is 909. The SMILES string of the molecule is Cc1ccc2c(c1)CCC1=CC(Br)=CNC1C2C1CCN(C(=O)CC2CCNCC2)CC1. The summed E-state index contributed by atoms with van der Waals surface area (Å²) in [6, 6.07) is 7.44. The topological polar surface area (TPSA) is 44.4 Å². The van der Waals surface area contributed by atoms with Crippen LogP contribution in [0.3, 0.4) is 0 Å². The second-order valence-electron chi connectivity index (χ2n) is 10.2. The number of dihydropyridines is 1. The zero-order valence-electron chi connectivity index (χ0n) is 19.2. The van der Waals surface area contributed by atoms with Gasteiger partial charge < -0.3 is 15.5 Å². The summed E-state index contributed by atoms with van der Waals surface area (Å²) in [5, 5.41) is 7.15. The number of fused-ring (bicyclic) bond motifs is 2. The van der Waals surface area contributed by atoms with Crippen LogP contribution in [0, 0.1) is 18.8 Å². The van der Waals surface area contributed by atoms with Crippen molar-refractivity contribution in [3.8, 4) is 0 Å². The molecule has 2 unspecified atom stereocenters. The number of hydrogen-bond donors (Lipinski definition) is 2. The first-order chi connectivity index (χ1) is 15.6. The van der Waals surface area contributed by atoms with Crippen molar-refractivity contribution in [2.24, 2.45) is 11.8 Å². The van der Waals surface area contributed by atoms with E-state index in [1.807, 2.05) is 0 Å². The van der Waals surface area contributed by atoms with Crippen LogP contribution in [0.4, 0.5) is 0 Å². The number of allylic oxidation sites excluding steroid dienone is 2. The minimum Gasteiger partial charge on any atom is -0.383 e. The first-order valence-corrected chi connectivity index (χ1v) is 13.3. The van der Waals surface area contributed by atoms with Crippen molar-refractivity contribution < 1.29 is 4.79 Å². The highest BCUT2D eigenvalue weighted by Gasteiger charge is 2.39. The predicted molar refractivity (Wildman–Crippen MR) is 134 cm³/mol. The molecule has 32 heavy (non-hydrogen) atoms. The molecule has 2 saturated heterocycles. The molecule has 0 radical (unpaired) electrons. The number of nitrogens with one attached hydrogen (secondary N) is 2. The van der Waals surface area contributed by atoms with E-state index in [4.69, 9.17) is 0 Å². The molecule has 0 bridgehead atoms. The second kappa shape index (κ2) is 9.72. The number of piperidine rings is 2. The Morgan fingerprint density at radius 3 is 2.69 bits per heavy atom. The summed E-state index contributed by atoms with van der Waals surface area (Å²) in [7, 11) is 0. The van der Waals surface area contributed by atoms with Gasteiger partial charge in [-0.25, -0.2) is 0 Å². The highest BCUT2D eigenvalue weighted by Crippen LogP contribution is 2.44. The van der Waals surface area contributed by atoms with Crippen LogP contribution in [-0.4, -0.2) is 43.0 Å². The molecule has 1 aromatic rings. The summed E-state index contributed by atoms with van der Waals surface area (Å²) in [6.45, 7) is 6.16. The molecule has 2 fully saturated rings. The van der Waals surface area contributed by atoms with Crippen molar-refractivity contribution >= 4 is 21.8 Å². The maximum Gasteiger partial charge on any atom is 0.222 e. The summed E-state index contributed by atoms with van der Waals surface area (Å²) < 4.78 is 1.14. The van der Waals surface area contributed by atoms with Gasteiger partial charge in [0, 0.05) is 36.1 Å². The van der Waals surface area contributed by atoms with Crippen molar-refractivity contribution in [1.29, 1.82) is 0 Å². The van der Waals surface area contributed by atoms with Gasteiger partial charge in [-0.3, -0.25) is 4.79 Å². The van der Waals surface area contributed by atoms with Crippen LogP contribution < -0.4 is 10.6 Å². The number of benzene rings is 1. The van der Waals surface area contributed by atoms with Crippen molar-refractivity contribution in [2.75, 3.05) is 26.2 Å². The lowest BCUT2D eigenvalue weighted by Crippen LogP contribution is -2.45. The Morgan fingerprint density at radius 1 is 1.12 bits per heavy atom. The van der Waals surface area contributed by atoms with Crippen LogP contribution in [0.5, 0.6) is 0 Å². The molecule has 0 aromatic heterocycles. The lowest BCUT2D eigenvalue weighted by molar-refractivity contribution is -0.133. The zero-order chi connectivity index (χ0) is 22.1. The molecule has 0 saturated carbocycles. The molecule has 5 rings (SSSR count). The second-order valence-corrected chi connectivity index (χ2v) is 11.2. The molecule has 3 heterocycles. The average molecular weight is 499 g/mol. The van der Waals surface area contributed by atoms with Crippen LogP contribution in [-0.2, 0) is 11.2 Å². The summed E-state index contributed by atoms with van der Waals surface area (Å²) >= 11 is 3.68. The molecule has 2 atom stereocenters. The fourth-order valence-electron chi connectivity index (χ4n) is 6.38. The highest BCUT2D eigenvalue weighted by atomic mass is 79.9. The van der Waals surface area contributed by atoms with Crippen molar-refractivity contribution in [2.45, 2.75) is 63.8 Å². The minimum absolute atomic E-state index is 0.363. The first-order valence-electron chi connectivity index (χ1n) is 12.5. The number of amides is 1. The molecule has 0 spiro atoms. The van der Waals surface area contributed by atoms with E-state index >= 15 is 0 Å². The fraction of sp³-hybridized carbons (Fsp3) is 0.593. The van der Waals surface area contributed by atoms with E-state index < -0.39 is 0 Å². The van der Waals surface area contributed by atoms with Crippen LogP contribution in [0.2, 0.25) is 0 Å². The lowest BCUT2D eigenvalue weighted by Gasteiger charge is -2.41. The van der Waals surface area contributed by atoms with E-state index in [1.165, 1.54) is 22.3 Å². The van der Waals surface area contributed by atoms with Gasteiger partial charge in [0.1, 0.15) is 0 Å². The third-order valence-electron chi connectivity index (χ3n) is 8.15. The number of aryl methyl sites for hydroxylation is 2. The molecule has 1 amide bonds. The van der Waals surface area contributed by atoms with Gasteiger partial charge in [0.15, 0.2) is 0 Å². The van der Waals surface area contributed by atoms with Gasteiger partial charge in [-0.05, 0) is 109 Å². The number of carbonyl (C=O) groups excluding carboxylic acids is 1. The van der Waals surface area contributed by atoms with Crippen LogP contribution in [0.1, 0.15) is 61.1 Å². The van der Waals surface area contributed by atoms with E-state index in [0.717, 1.165) is 75.6 Å². The molecule has 2 N–H and O–H groups in total. The van der Waals surface area contributed by atoms with E-state index in [0.29, 0.717) is 29.7 Å². The Hall–Kier alpha value is -1.59. The maximum absolute atomic E-state index is 13.0. The summed E-state index contributed by atoms with van der Waals surface area (Å²) in [5.41, 5.74) is 5.92. The number of likely N-dealkylation sites (tertiary alicyclic amines) is 1. The Balaban J connectivity index is 1.32. The molecular weight excluding hydrogens is 462 g/mol. The molecule has 4 nitrogen and oxygen atoms in total. The smallest absolute Gasteiger partial charge is 0.222 e. The standard InChI is InChI=1S/C27H36BrN3O/c1-18-2-5-24-21(14-18)3-4-22-16-23(28)17-30-27(22)26(24)20-8-12-31(13-9-20)25(32)15-19-6-10-29-11-7-19/h2,5,14,16-17,19-20,26-27,29-30H,3-4,6-13,15H2,1H3. The highest BCUT2D eigenvalue weighted by molar-refractivity contribution is 9.11. The molecule has 4 aliphatic rings. The molecule has 5 heteroatoms. The van der Waals surface area contributed by atoms with E-state index in [2.05, 4.69) is 68.9 Å². The fourth-order valence-corrected chi connectivity index (χ4v) is 6.80. The molecule has 172 valence electrons. The van der Waals surface area contributed by atoms with E-state index in [9.17, 15) is 4.79 Å². The zero-order valence-corrected chi connectivity index (χ0v) is 20.8. The van der Waals surface area contributed by atoms with Crippen LogP contribution >= 0.6 is 15.9 Å². The Labute approximate surface area is 201 Å². The van der Waals surface area contributed by atoms with Crippen LogP contribution in [0.25, 0.3) is 0 Å². The summed E-state index contributed by atoms with van der Waals surface area (Å²) in [5.74, 6) is 2.03. The number of carbonyl (C=O) groups is 1. The van der Waals surface area contributed by atoms with Gasteiger partial charge >= 0.3 is 0 Å². The van der Waals surface area contributed by atoms with Gasteiger partial charge in [-0.1, -0.05) is 23.8 Å². The van der Waals surface area contributed by atoms with Gasteiger partial charge in [-0.15, -0.1) is 0 Å². The molecule has 3 aliphatic heterocycles.